The zero-order chi connectivity index (χ0) is 13.9. The van der Waals surface area contributed by atoms with Gasteiger partial charge in [0.25, 0.3) is 0 Å². The van der Waals surface area contributed by atoms with Crippen LogP contribution in [0.25, 0.3) is 11.1 Å². The molecule has 0 saturated heterocycles. The SMILES string of the molecule is Cc1cccc(-c2ccc3c(c2)CCC(NC=O)=N3)c1. The van der Waals surface area contributed by atoms with Gasteiger partial charge in [-0.25, -0.2) is 4.99 Å². The van der Waals surface area contributed by atoms with Crippen molar-refractivity contribution in [3.8, 4) is 11.1 Å². The first kappa shape index (κ1) is 12.6. The van der Waals surface area contributed by atoms with Crippen LogP contribution in [0.2, 0.25) is 0 Å². The molecule has 0 bridgehead atoms. The Morgan fingerprint density at radius 2 is 1.95 bits per heavy atom. The molecular formula is C17H16N2O. The summed E-state index contributed by atoms with van der Waals surface area (Å²) in [5.41, 5.74) is 5.90. The first-order chi connectivity index (χ1) is 9.76. The molecule has 3 nitrogen and oxygen atoms in total. The molecule has 1 N–H and O–H groups in total. The van der Waals surface area contributed by atoms with Crippen molar-refractivity contribution < 1.29 is 4.79 Å². The number of amidine groups is 1. The minimum atomic E-state index is 0.685. The molecule has 0 saturated carbocycles. The van der Waals surface area contributed by atoms with Gasteiger partial charge in [-0.3, -0.25) is 4.79 Å². The van der Waals surface area contributed by atoms with Crippen molar-refractivity contribution in [2.45, 2.75) is 19.8 Å². The molecule has 0 atom stereocenters. The number of carbonyl (C=O) groups is 1. The summed E-state index contributed by atoms with van der Waals surface area (Å²) in [5, 5.41) is 2.65. The van der Waals surface area contributed by atoms with E-state index in [0.29, 0.717) is 6.41 Å². The predicted octanol–water partition coefficient (Wildman–Crippen LogP) is 3.38. The average Bonchev–Trinajstić information content (AvgIpc) is 2.47. The van der Waals surface area contributed by atoms with Gasteiger partial charge >= 0.3 is 0 Å². The second kappa shape index (κ2) is 5.29. The van der Waals surface area contributed by atoms with Crippen molar-refractivity contribution in [2.24, 2.45) is 4.99 Å². The van der Waals surface area contributed by atoms with Crippen LogP contribution < -0.4 is 5.32 Å². The maximum absolute atomic E-state index is 10.5. The number of hydrogen-bond acceptors (Lipinski definition) is 2. The molecule has 1 aliphatic heterocycles. The number of nitrogens with one attached hydrogen (secondary N) is 1. The van der Waals surface area contributed by atoms with Gasteiger partial charge in [0.2, 0.25) is 6.41 Å². The number of fused-ring (bicyclic) bond motifs is 1. The van der Waals surface area contributed by atoms with Crippen LogP contribution in [-0.4, -0.2) is 12.2 Å². The number of carbonyl (C=O) groups excluding carboxylic acids is 1. The van der Waals surface area contributed by atoms with Gasteiger partial charge < -0.3 is 5.32 Å². The number of amides is 1. The molecule has 0 aliphatic carbocycles. The maximum atomic E-state index is 10.5. The van der Waals surface area contributed by atoms with Gasteiger partial charge in [0.15, 0.2) is 0 Å². The summed E-state index contributed by atoms with van der Waals surface area (Å²) in [7, 11) is 0. The standard InChI is InChI=1S/C17H16N2O/c1-12-3-2-4-13(9-12)14-5-7-16-15(10-14)6-8-17(19-16)18-11-20/h2-5,7,9-11H,6,8H2,1H3,(H,18,19,20). The molecule has 0 unspecified atom stereocenters. The van der Waals surface area contributed by atoms with Crippen LogP contribution >= 0.6 is 0 Å². The first-order valence-electron chi connectivity index (χ1n) is 6.74. The van der Waals surface area contributed by atoms with Gasteiger partial charge in [0.05, 0.1) is 5.69 Å². The molecule has 0 fully saturated rings. The fraction of sp³-hybridized carbons (Fsp3) is 0.176. The van der Waals surface area contributed by atoms with Crippen molar-refractivity contribution in [2.75, 3.05) is 0 Å². The summed E-state index contributed by atoms with van der Waals surface area (Å²) < 4.78 is 0. The van der Waals surface area contributed by atoms with Crippen LogP contribution in [0, 0.1) is 6.92 Å². The largest absolute Gasteiger partial charge is 0.317 e. The molecule has 1 heterocycles. The zero-order valence-electron chi connectivity index (χ0n) is 11.4. The highest BCUT2D eigenvalue weighted by molar-refractivity contribution is 5.94. The van der Waals surface area contributed by atoms with E-state index in [-0.39, 0.29) is 0 Å². The summed E-state index contributed by atoms with van der Waals surface area (Å²) in [5.74, 6) is 0.746. The number of aryl methyl sites for hydroxylation is 2. The molecule has 2 aromatic carbocycles. The molecular weight excluding hydrogens is 248 g/mol. The van der Waals surface area contributed by atoms with Crippen LogP contribution in [0.5, 0.6) is 0 Å². The maximum Gasteiger partial charge on any atom is 0.212 e. The van der Waals surface area contributed by atoms with Crippen LogP contribution in [0.3, 0.4) is 0 Å². The Bertz CT molecular complexity index is 689. The zero-order valence-corrected chi connectivity index (χ0v) is 11.4. The van der Waals surface area contributed by atoms with Crippen molar-refractivity contribution in [1.82, 2.24) is 5.32 Å². The van der Waals surface area contributed by atoms with E-state index in [1.807, 2.05) is 6.07 Å². The lowest BCUT2D eigenvalue weighted by molar-refractivity contribution is -0.108. The fourth-order valence-corrected chi connectivity index (χ4v) is 2.53. The van der Waals surface area contributed by atoms with Gasteiger partial charge in [-0.05, 0) is 42.2 Å². The molecule has 0 spiro atoms. The molecule has 0 aromatic heterocycles. The predicted molar refractivity (Wildman–Crippen MR) is 81.2 cm³/mol. The van der Waals surface area contributed by atoms with E-state index in [1.54, 1.807) is 0 Å². The highest BCUT2D eigenvalue weighted by Gasteiger charge is 2.12. The van der Waals surface area contributed by atoms with E-state index in [0.717, 1.165) is 24.4 Å². The minimum absolute atomic E-state index is 0.685. The van der Waals surface area contributed by atoms with Gasteiger partial charge in [-0.15, -0.1) is 0 Å². The number of benzene rings is 2. The highest BCUT2D eigenvalue weighted by Crippen LogP contribution is 2.30. The third kappa shape index (κ3) is 2.48. The highest BCUT2D eigenvalue weighted by atomic mass is 16.1. The molecule has 3 heteroatoms. The Labute approximate surface area is 118 Å². The molecule has 2 aromatic rings. The molecule has 3 rings (SSSR count). The van der Waals surface area contributed by atoms with E-state index < -0.39 is 0 Å². The van der Waals surface area contributed by atoms with Crippen molar-refractivity contribution >= 4 is 17.9 Å². The Kier molecular flexibility index (Phi) is 3.33. The fourth-order valence-electron chi connectivity index (χ4n) is 2.53. The molecule has 1 amide bonds. The van der Waals surface area contributed by atoms with Gasteiger partial charge in [-0.1, -0.05) is 35.9 Å². The summed E-state index contributed by atoms with van der Waals surface area (Å²) in [6.45, 7) is 2.10. The Morgan fingerprint density at radius 3 is 2.75 bits per heavy atom. The van der Waals surface area contributed by atoms with E-state index in [9.17, 15) is 4.79 Å². The monoisotopic (exact) mass is 264 g/mol. The third-order valence-corrected chi connectivity index (χ3v) is 3.54. The van der Waals surface area contributed by atoms with Gasteiger partial charge in [0.1, 0.15) is 5.84 Å². The van der Waals surface area contributed by atoms with E-state index >= 15 is 0 Å². The van der Waals surface area contributed by atoms with Gasteiger partial charge in [-0.2, -0.15) is 0 Å². The third-order valence-electron chi connectivity index (χ3n) is 3.54. The lowest BCUT2D eigenvalue weighted by Crippen LogP contribution is -2.23. The Balaban J connectivity index is 1.97. The van der Waals surface area contributed by atoms with Crippen LogP contribution in [0.1, 0.15) is 17.5 Å². The topological polar surface area (TPSA) is 41.5 Å². The van der Waals surface area contributed by atoms with Crippen molar-refractivity contribution in [3.63, 3.8) is 0 Å². The van der Waals surface area contributed by atoms with Crippen molar-refractivity contribution in [3.05, 3.63) is 53.6 Å². The Hall–Kier alpha value is -2.42. The summed E-state index contributed by atoms with van der Waals surface area (Å²) in [4.78, 5) is 14.9. The average molecular weight is 264 g/mol. The van der Waals surface area contributed by atoms with E-state index in [2.05, 4.69) is 53.6 Å². The summed E-state index contributed by atoms with van der Waals surface area (Å²) >= 11 is 0. The lowest BCUT2D eigenvalue weighted by atomic mass is 9.97. The molecule has 1 aliphatic rings. The lowest BCUT2D eigenvalue weighted by Gasteiger charge is -2.16. The van der Waals surface area contributed by atoms with Crippen LogP contribution in [-0.2, 0) is 11.2 Å². The number of hydrogen-bond donors (Lipinski definition) is 1. The van der Waals surface area contributed by atoms with E-state index in [4.69, 9.17) is 0 Å². The minimum Gasteiger partial charge on any atom is -0.317 e. The first-order valence-corrected chi connectivity index (χ1v) is 6.74. The second-order valence-corrected chi connectivity index (χ2v) is 5.03. The summed E-state index contributed by atoms with van der Waals surface area (Å²) in [6, 6.07) is 14.8. The van der Waals surface area contributed by atoms with E-state index in [1.165, 1.54) is 22.3 Å². The van der Waals surface area contributed by atoms with Crippen LogP contribution in [0.4, 0.5) is 5.69 Å². The normalized spacial score (nSPS) is 13.3. The Morgan fingerprint density at radius 1 is 1.10 bits per heavy atom. The van der Waals surface area contributed by atoms with Gasteiger partial charge in [0, 0.05) is 6.42 Å². The number of nitrogens with zero attached hydrogens (tertiary/aromatic N) is 1. The quantitative estimate of drug-likeness (QED) is 0.830. The smallest absolute Gasteiger partial charge is 0.212 e. The molecule has 100 valence electrons. The summed E-state index contributed by atoms with van der Waals surface area (Å²) in [6.07, 6.45) is 2.38. The molecule has 0 radical (unpaired) electrons. The molecule has 20 heavy (non-hydrogen) atoms. The number of aliphatic imine (C=N–C) groups is 1. The second-order valence-electron chi connectivity index (χ2n) is 5.03. The van der Waals surface area contributed by atoms with Crippen molar-refractivity contribution in [1.29, 1.82) is 0 Å². The van der Waals surface area contributed by atoms with Crippen LogP contribution in [0.15, 0.2) is 47.5 Å². The number of rotatable bonds is 2.